The van der Waals surface area contributed by atoms with Crippen molar-refractivity contribution >= 4 is 27.2 Å². The predicted octanol–water partition coefficient (Wildman–Crippen LogP) is 2.18. The van der Waals surface area contributed by atoms with Crippen LogP contribution >= 0.6 is 12.2 Å². The number of thiocarbonyl (C=S) groups is 1. The van der Waals surface area contributed by atoms with Crippen LogP contribution in [0.1, 0.15) is 30.4 Å². The fourth-order valence-electron chi connectivity index (χ4n) is 2.02. The highest BCUT2D eigenvalue weighted by molar-refractivity contribution is 7.89. The van der Waals surface area contributed by atoms with Crippen molar-refractivity contribution in [3.8, 4) is 0 Å². The van der Waals surface area contributed by atoms with E-state index in [1.165, 1.54) is 12.1 Å². The second kappa shape index (κ2) is 7.10. The van der Waals surface area contributed by atoms with Gasteiger partial charge in [0.25, 0.3) is 0 Å². The van der Waals surface area contributed by atoms with Crippen LogP contribution in [-0.2, 0) is 10.0 Å². The van der Waals surface area contributed by atoms with Crippen molar-refractivity contribution in [2.45, 2.75) is 38.0 Å². The van der Waals surface area contributed by atoms with E-state index in [-0.39, 0.29) is 4.90 Å². The third kappa shape index (κ3) is 4.81. The van der Waals surface area contributed by atoms with Crippen LogP contribution in [0, 0.1) is 19.7 Å². The first kappa shape index (κ1) is 17.0. The monoisotopic (exact) mass is 318 g/mol. The van der Waals surface area contributed by atoms with E-state index in [2.05, 4.69) is 4.72 Å². The second-order valence-electron chi connectivity index (χ2n) is 4.69. The van der Waals surface area contributed by atoms with Gasteiger partial charge < -0.3 is 5.73 Å². The highest BCUT2D eigenvalue weighted by Gasteiger charge is 2.19. The Morgan fingerprint density at radius 2 is 1.85 bits per heavy atom. The van der Waals surface area contributed by atoms with Gasteiger partial charge in [-0.2, -0.15) is 0 Å². The lowest BCUT2D eigenvalue weighted by Crippen LogP contribution is -2.26. The molecule has 0 aliphatic rings. The maximum Gasteiger partial charge on any atom is 0.241 e. The lowest BCUT2D eigenvalue weighted by atomic mass is 10.1. The zero-order valence-corrected chi connectivity index (χ0v) is 13.2. The minimum absolute atomic E-state index is 0.147. The molecule has 0 atom stereocenters. The molecule has 112 valence electrons. The fraction of sp³-hybridized carbons (Fsp3) is 0.462. The van der Waals surface area contributed by atoms with Gasteiger partial charge in [-0.05, 0) is 56.4 Å². The number of hydrogen-bond acceptors (Lipinski definition) is 3. The van der Waals surface area contributed by atoms with Crippen LogP contribution in [0.2, 0.25) is 0 Å². The van der Waals surface area contributed by atoms with Gasteiger partial charge in [-0.1, -0.05) is 12.2 Å². The van der Waals surface area contributed by atoms with Crippen LogP contribution in [0.25, 0.3) is 0 Å². The molecule has 0 radical (unpaired) electrons. The molecule has 0 heterocycles. The molecule has 0 spiro atoms. The number of nitrogens with one attached hydrogen (secondary N) is 1. The maximum atomic E-state index is 13.2. The topological polar surface area (TPSA) is 72.2 Å². The van der Waals surface area contributed by atoms with Gasteiger partial charge in [0.1, 0.15) is 5.82 Å². The van der Waals surface area contributed by atoms with Gasteiger partial charge in [0.05, 0.1) is 9.88 Å². The molecular formula is C13H19FN2O2S2. The summed E-state index contributed by atoms with van der Waals surface area (Å²) in [5.41, 5.74) is 6.16. The van der Waals surface area contributed by atoms with Crippen LogP contribution in [-0.4, -0.2) is 20.0 Å². The van der Waals surface area contributed by atoms with Crippen molar-refractivity contribution in [3.05, 3.63) is 29.1 Å². The van der Waals surface area contributed by atoms with Gasteiger partial charge in [-0.3, -0.25) is 0 Å². The molecule has 0 aliphatic carbocycles. The summed E-state index contributed by atoms with van der Waals surface area (Å²) in [6.07, 6.45) is 1.99. The summed E-state index contributed by atoms with van der Waals surface area (Å²) in [5, 5.41) is 0. The van der Waals surface area contributed by atoms with Crippen molar-refractivity contribution in [1.29, 1.82) is 0 Å². The largest absolute Gasteiger partial charge is 0.393 e. The Morgan fingerprint density at radius 3 is 2.35 bits per heavy atom. The Kier molecular flexibility index (Phi) is 6.04. The predicted molar refractivity (Wildman–Crippen MR) is 81.7 cm³/mol. The summed E-state index contributed by atoms with van der Waals surface area (Å²) in [6, 6.07) is 2.43. The summed E-state index contributed by atoms with van der Waals surface area (Å²) >= 11 is 4.75. The molecule has 1 aromatic rings. The fourth-order valence-corrected chi connectivity index (χ4v) is 3.69. The van der Waals surface area contributed by atoms with Crippen molar-refractivity contribution in [3.63, 3.8) is 0 Å². The molecule has 0 saturated carbocycles. The quantitative estimate of drug-likeness (QED) is 0.597. The Labute approximate surface area is 124 Å². The molecule has 3 N–H and O–H groups in total. The lowest BCUT2D eigenvalue weighted by molar-refractivity contribution is 0.575. The maximum absolute atomic E-state index is 13.2. The smallest absolute Gasteiger partial charge is 0.241 e. The first-order valence-corrected chi connectivity index (χ1v) is 8.18. The van der Waals surface area contributed by atoms with Crippen LogP contribution in [0.4, 0.5) is 4.39 Å². The van der Waals surface area contributed by atoms with Crippen LogP contribution in [0.15, 0.2) is 17.0 Å². The zero-order valence-electron chi connectivity index (χ0n) is 11.6. The number of halogens is 1. The molecule has 0 fully saturated rings. The molecule has 0 unspecified atom stereocenters. The summed E-state index contributed by atoms with van der Waals surface area (Å²) in [4.78, 5) is 0.575. The van der Waals surface area contributed by atoms with Crippen molar-refractivity contribution < 1.29 is 12.8 Å². The summed E-state index contributed by atoms with van der Waals surface area (Å²) in [6.45, 7) is 3.47. The number of rotatable bonds is 7. The number of unbranched alkanes of at least 4 members (excludes halogenated alkanes) is 1. The summed E-state index contributed by atoms with van der Waals surface area (Å²) in [5.74, 6) is -0.435. The number of hydrogen-bond donors (Lipinski definition) is 2. The van der Waals surface area contributed by atoms with Crippen molar-refractivity contribution in [2.24, 2.45) is 5.73 Å². The molecule has 1 rings (SSSR count). The molecule has 0 bridgehead atoms. The first-order valence-electron chi connectivity index (χ1n) is 6.29. The Balaban J connectivity index is 2.73. The van der Waals surface area contributed by atoms with E-state index in [9.17, 15) is 12.8 Å². The number of nitrogens with two attached hydrogens (primary N) is 1. The number of aryl methyl sites for hydroxylation is 2. The Hall–Kier alpha value is -1.05. The normalized spacial score (nSPS) is 11.6. The third-order valence-corrected chi connectivity index (χ3v) is 4.81. The van der Waals surface area contributed by atoms with Crippen molar-refractivity contribution in [2.75, 3.05) is 6.54 Å². The molecule has 0 saturated heterocycles. The molecule has 7 heteroatoms. The van der Waals surface area contributed by atoms with E-state index in [0.717, 1.165) is 6.42 Å². The molecule has 0 amide bonds. The SMILES string of the molecule is Cc1cc(F)cc(C)c1S(=O)(=O)NCCCCC(N)=S. The van der Waals surface area contributed by atoms with E-state index in [1.807, 2.05) is 0 Å². The van der Waals surface area contributed by atoms with E-state index in [4.69, 9.17) is 18.0 Å². The van der Waals surface area contributed by atoms with E-state index < -0.39 is 15.8 Å². The molecule has 4 nitrogen and oxygen atoms in total. The Bertz CT molecular complexity index is 577. The molecule has 0 aromatic heterocycles. The molecule has 20 heavy (non-hydrogen) atoms. The molecule has 0 aliphatic heterocycles. The zero-order chi connectivity index (χ0) is 15.3. The third-order valence-electron chi connectivity index (χ3n) is 2.84. The summed E-state index contributed by atoms with van der Waals surface area (Å²) < 4.78 is 40.1. The van der Waals surface area contributed by atoms with E-state index in [0.29, 0.717) is 35.5 Å². The lowest BCUT2D eigenvalue weighted by Gasteiger charge is -2.12. The second-order valence-corrected chi connectivity index (χ2v) is 6.92. The number of sulfonamides is 1. The minimum atomic E-state index is -3.62. The van der Waals surface area contributed by atoms with Gasteiger partial charge >= 0.3 is 0 Å². The van der Waals surface area contributed by atoms with E-state index >= 15 is 0 Å². The highest BCUT2D eigenvalue weighted by atomic mass is 32.2. The molecule has 1 aromatic carbocycles. The van der Waals surface area contributed by atoms with Crippen LogP contribution in [0.3, 0.4) is 0 Å². The molecular weight excluding hydrogens is 299 g/mol. The first-order chi connectivity index (χ1) is 9.24. The minimum Gasteiger partial charge on any atom is -0.393 e. The average Bonchev–Trinajstić information content (AvgIpc) is 2.25. The number of benzene rings is 1. The summed E-state index contributed by atoms with van der Waals surface area (Å²) in [7, 11) is -3.62. The highest BCUT2D eigenvalue weighted by Crippen LogP contribution is 2.21. The van der Waals surface area contributed by atoms with Gasteiger partial charge in [-0.25, -0.2) is 17.5 Å². The average molecular weight is 318 g/mol. The van der Waals surface area contributed by atoms with Crippen LogP contribution in [0.5, 0.6) is 0 Å². The Morgan fingerprint density at radius 1 is 1.30 bits per heavy atom. The van der Waals surface area contributed by atoms with Crippen LogP contribution < -0.4 is 10.5 Å². The van der Waals surface area contributed by atoms with E-state index in [1.54, 1.807) is 13.8 Å². The van der Waals surface area contributed by atoms with Gasteiger partial charge in [0.2, 0.25) is 10.0 Å². The standard InChI is InChI=1S/C13H19FN2O2S2/c1-9-7-11(14)8-10(2)13(9)20(17,18)16-6-4-3-5-12(15)19/h7-8,16H,3-6H2,1-2H3,(H2,15,19). The van der Waals surface area contributed by atoms with Gasteiger partial charge in [0.15, 0.2) is 0 Å². The van der Waals surface area contributed by atoms with Gasteiger partial charge in [-0.15, -0.1) is 0 Å². The van der Waals surface area contributed by atoms with Crippen molar-refractivity contribution in [1.82, 2.24) is 4.72 Å². The van der Waals surface area contributed by atoms with Gasteiger partial charge in [0, 0.05) is 6.54 Å².